The Kier molecular flexibility index (Phi) is 3.83. The predicted molar refractivity (Wildman–Crippen MR) is 121 cm³/mol. The van der Waals surface area contributed by atoms with Gasteiger partial charge in [0.15, 0.2) is 11.5 Å². The lowest BCUT2D eigenvalue weighted by molar-refractivity contribution is -0.256. The van der Waals surface area contributed by atoms with Gasteiger partial charge in [-0.25, -0.2) is 9.18 Å². The van der Waals surface area contributed by atoms with Gasteiger partial charge in [-0.2, -0.15) is 0 Å². The molecule has 5 saturated heterocycles. The van der Waals surface area contributed by atoms with Crippen molar-refractivity contribution < 1.29 is 32.7 Å². The highest BCUT2D eigenvalue weighted by Gasteiger charge is 2.86. The van der Waals surface area contributed by atoms with Gasteiger partial charge in [0.2, 0.25) is 11.5 Å². The van der Waals surface area contributed by atoms with E-state index in [4.69, 9.17) is 23.5 Å². The number of carbonyl (C=O) groups excluding carboxylic acids is 1. The highest BCUT2D eigenvalue weighted by Crippen LogP contribution is 2.75. The van der Waals surface area contributed by atoms with E-state index in [-0.39, 0.29) is 35.7 Å². The molecule has 8 atom stereocenters. The number of allylic oxidation sites excluding steroid dienone is 1. The van der Waals surface area contributed by atoms with E-state index in [1.54, 1.807) is 19.1 Å². The maximum atomic E-state index is 13.5. The number of aromatic nitrogens is 1. The van der Waals surface area contributed by atoms with Gasteiger partial charge in [0.1, 0.15) is 22.8 Å². The van der Waals surface area contributed by atoms with Gasteiger partial charge in [0.05, 0.1) is 30.6 Å². The topological polar surface area (TPSA) is 83.3 Å². The molecule has 8 rings (SSSR count). The van der Waals surface area contributed by atoms with Gasteiger partial charge < -0.3 is 23.5 Å². The second-order valence-electron chi connectivity index (χ2n) is 10.7. The second-order valence-corrected chi connectivity index (χ2v) is 10.7. The molecular weight excluding hydrogens is 467 g/mol. The highest BCUT2D eigenvalue weighted by atomic mass is 19.1. The number of rotatable bonds is 3. The van der Waals surface area contributed by atoms with Crippen LogP contribution in [0.4, 0.5) is 4.39 Å². The van der Waals surface area contributed by atoms with Crippen LogP contribution >= 0.6 is 0 Å². The van der Waals surface area contributed by atoms with E-state index in [1.807, 2.05) is 6.07 Å². The van der Waals surface area contributed by atoms with Gasteiger partial charge in [-0.3, -0.25) is 4.90 Å². The van der Waals surface area contributed by atoms with Crippen molar-refractivity contribution in [1.29, 1.82) is 0 Å². The molecule has 5 bridgehead atoms. The minimum Gasteiger partial charge on any atom is -0.492 e. The summed E-state index contributed by atoms with van der Waals surface area (Å²) in [6.45, 7) is 4.75. The summed E-state index contributed by atoms with van der Waals surface area (Å²) >= 11 is 0. The third-order valence-electron chi connectivity index (χ3n) is 9.45. The molecule has 7 heterocycles. The summed E-state index contributed by atoms with van der Waals surface area (Å²) in [5, 5.41) is 4.36. The molecule has 0 amide bonds. The van der Waals surface area contributed by atoms with Crippen LogP contribution in [-0.2, 0) is 29.3 Å². The highest BCUT2D eigenvalue weighted by molar-refractivity contribution is 5.93. The first-order valence-electron chi connectivity index (χ1n) is 12.5. The number of carbonyl (C=O) groups is 1. The largest absolute Gasteiger partial charge is 0.492 e. The summed E-state index contributed by atoms with van der Waals surface area (Å²) in [5.41, 5.74) is 1.45. The van der Waals surface area contributed by atoms with Gasteiger partial charge in [0, 0.05) is 30.1 Å². The smallest absolute Gasteiger partial charge is 0.343 e. The summed E-state index contributed by atoms with van der Waals surface area (Å²) in [4.78, 5) is 14.9. The van der Waals surface area contributed by atoms with E-state index in [0.29, 0.717) is 28.5 Å². The van der Waals surface area contributed by atoms with Crippen molar-refractivity contribution in [2.45, 2.75) is 50.2 Å². The second kappa shape index (κ2) is 6.58. The number of hydrogen-bond acceptors (Lipinski definition) is 8. The summed E-state index contributed by atoms with van der Waals surface area (Å²) in [6.07, 6.45) is 1.68. The standard InChI is InChI=1S/C27H25FN2O6/c1-12-21-17-11-19-26(20-10-16(29-36-20)14-4-6-15(28)7-5-14)18(8-9-30(17)26)27(21,34-19)35-23(12)24-22(32-3)13(2)25(31)33-24/h4-7,10,12,17-19,21H,8-9,11H2,1-3H3/b24-23-/t12-,17-,18+,19-,21+,26-,27+/m0/s1. The summed E-state index contributed by atoms with van der Waals surface area (Å²) in [6, 6.07) is 8.48. The molecular formula is C27H25FN2O6. The van der Waals surface area contributed by atoms with E-state index < -0.39 is 17.3 Å². The molecule has 6 aliphatic rings. The average Bonchev–Trinajstić information content (AvgIpc) is 3.66. The molecule has 0 saturated carbocycles. The lowest BCUT2D eigenvalue weighted by Crippen LogP contribution is -2.59. The van der Waals surface area contributed by atoms with E-state index in [2.05, 4.69) is 17.0 Å². The van der Waals surface area contributed by atoms with Gasteiger partial charge in [-0.1, -0.05) is 12.1 Å². The Labute approximate surface area is 206 Å². The van der Waals surface area contributed by atoms with Crippen molar-refractivity contribution >= 4 is 5.97 Å². The maximum absolute atomic E-state index is 13.5. The lowest BCUT2D eigenvalue weighted by atomic mass is 9.70. The fourth-order valence-electron chi connectivity index (χ4n) is 8.22. The number of methoxy groups -OCH3 is 1. The molecule has 8 nitrogen and oxygen atoms in total. The molecule has 186 valence electrons. The summed E-state index contributed by atoms with van der Waals surface area (Å²) in [5.74, 6) is 0.777. The molecule has 36 heavy (non-hydrogen) atoms. The van der Waals surface area contributed by atoms with Crippen LogP contribution in [0.25, 0.3) is 11.3 Å². The van der Waals surface area contributed by atoms with Crippen LogP contribution in [0.15, 0.2) is 57.7 Å². The Hall–Kier alpha value is -3.17. The lowest BCUT2D eigenvalue weighted by Gasteiger charge is -2.47. The normalized spacial score (nSPS) is 43.4. The van der Waals surface area contributed by atoms with Gasteiger partial charge in [0.25, 0.3) is 0 Å². The van der Waals surface area contributed by atoms with Gasteiger partial charge >= 0.3 is 5.97 Å². The number of esters is 1. The molecule has 5 fully saturated rings. The zero-order valence-corrected chi connectivity index (χ0v) is 20.1. The van der Waals surface area contributed by atoms with Gasteiger partial charge in [-0.15, -0.1) is 0 Å². The Bertz CT molecular complexity index is 1400. The minimum atomic E-state index is -0.826. The molecule has 1 aromatic heterocycles. The van der Waals surface area contributed by atoms with Crippen molar-refractivity contribution in [3.05, 3.63) is 64.8 Å². The van der Waals surface area contributed by atoms with E-state index >= 15 is 0 Å². The maximum Gasteiger partial charge on any atom is 0.343 e. The molecule has 2 aromatic rings. The Morgan fingerprint density at radius 3 is 2.83 bits per heavy atom. The van der Waals surface area contributed by atoms with Crippen molar-refractivity contribution in [1.82, 2.24) is 10.1 Å². The third kappa shape index (κ3) is 2.15. The quantitative estimate of drug-likeness (QED) is 0.598. The summed E-state index contributed by atoms with van der Waals surface area (Å²) < 4.78 is 44.3. The number of cyclic esters (lactones) is 1. The molecule has 0 N–H and O–H groups in total. The van der Waals surface area contributed by atoms with Gasteiger partial charge in [-0.05, 0) is 44.0 Å². The zero-order chi connectivity index (χ0) is 24.6. The number of halogens is 1. The van der Waals surface area contributed by atoms with E-state index in [0.717, 1.165) is 30.7 Å². The molecule has 6 aliphatic heterocycles. The van der Waals surface area contributed by atoms with Crippen LogP contribution in [-0.4, -0.2) is 47.6 Å². The van der Waals surface area contributed by atoms with E-state index in [1.165, 1.54) is 19.2 Å². The summed E-state index contributed by atoms with van der Waals surface area (Å²) in [7, 11) is 1.54. The van der Waals surface area contributed by atoms with Crippen LogP contribution in [0.5, 0.6) is 0 Å². The van der Waals surface area contributed by atoms with Crippen LogP contribution in [0.2, 0.25) is 0 Å². The van der Waals surface area contributed by atoms with Crippen molar-refractivity contribution in [2.24, 2.45) is 17.8 Å². The number of ether oxygens (including phenoxy) is 4. The van der Waals surface area contributed by atoms with Crippen molar-refractivity contribution in [3.8, 4) is 11.3 Å². The average molecular weight is 493 g/mol. The molecule has 0 radical (unpaired) electrons. The van der Waals surface area contributed by atoms with E-state index in [9.17, 15) is 9.18 Å². The monoisotopic (exact) mass is 492 g/mol. The first-order chi connectivity index (χ1) is 17.4. The number of hydrogen-bond donors (Lipinski definition) is 0. The number of benzene rings is 1. The van der Waals surface area contributed by atoms with Crippen LogP contribution < -0.4 is 0 Å². The Morgan fingerprint density at radius 1 is 1.25 bits per heavy atom. The molecule has 9 heteroatoms. The first-order valence-corrected chi connectivity index (χ1v) is 12.5. The molecule has 1 aromatic carbocycles. The first kappa shape index (κ1) is 21.0. The number of fused-ring (bicyclic) bond motifs is 1. The molecule has 1 spiro atoms. The Morgan fingerprint density at radius 2 is 2.06 bits per heavy atom. The van der Waals surface area contributed by atoms with Crippen LogP contribution in [0.3, 0.4) is 0 Å². The minimum absolute atomic E-state index is 0.0153. The fraction of sp³-hybridized carbons (Fsp3) is 0.481. The fourth-order valence-corrected chi connectivity index (χ4v) is 8.22. The zero-order valence-electron chi connectivity index (χ0n) is 20.1. The van der Waals surface area contributed by atoms with Crippen LogP contribution in [0.1, 0.15) is 32.4 Å². The van der Waals surface area contributed by atoms with Crippen molar-refractivity contribution in [2.75, 3.05) is 13.7 Å². The molecule has 0 aliphatic carbocycles. The SMILES string of the molecule is COC1=C(C)C(=O)O/C1=C1\O[C@@]23O[C@H]4C[C@@H]([C@H]2[C@@H]1C)N1CC[C@@H]3[C@@]41c1cc(-c2ccc(F)cc2)no1. The Balaban J connectivity index is 1.24. The molecule has 1 unspecified atom stereocenters. The number of piperidine rings is 1. The predicted octanol–water partition coefficient (Wildman–Crippen LogP) is 3.85. The van der Waals surface area contributed by atoms with Crippen LogP contribution in [0, 0.1) is 23.6 Å². The van der Waals surface area contributed by atoms with Crippen molar-refractivity contribution in [3.63, 3.8) is 0 Å². The number of nitrogens with zero attached hydrogens (tertiary/aromatic N) is 2. The third-order valence-corrected chi connectivity index (χ3v) is 9.45.